The molecule has 0 saturated heterocycles. The van der Waals surface area contributed by atoms with Crippen LogP contribution in [0.25, 0.3) is 0 Å². The van der Waals surface area contributed by atoms with Crippen LogP contribution in [0.15, 0.2) is 48.5 Å². The zero-order valence-corrected chi connectivity index (χ0v) is 12.6. The first-order valence-electron chi connectivity index (χ1n) is 6.97. The molecule has 0 spiro atoms. The van der Waals surface area contributed by atoms with Crippen molar-refractivity contribution >= 4 is 5.69 Å². The average molecular weight is 286 g/mol. The Kier molecular flexibility index (Phi) is 5.46. The average Bonchev–Trinajstić information content (AvgIpc) is 2.49. The largest absolute Gasteiger partial charge is 0.497 e. The molecule has 0 aromatic heterocycles. The van der Waals surface area contributed by atoms with Gasteiger partial charge in [0.25, 0.3) is 0 Å². The molecular formula is C17H22N2O2. The van der Waals surface area contributed by atoms with Gasteiger partial charge in [0.15, 0.2) is 0 Å². The maximum atomic E-state index is 5.69. The molecule has 4 heteroatoms. The molecule has 0 radical (unpaired) electrons. The molecule has 2 aromatic carbocycles. The molecule has 0 aliphatic heterocycles. The van der Waals surface area contributed by atoms with Gasteiger partial charge in [-0.05, 0) is 49.0 Å². The lowest BCUT2D eigenvalue weighted by Gasteiger charge is -2.17. The van der Waals surface area contributed by atoms with Gasteiger partial charge in [0.1, 0.15) is 18.1 Å². The molecule has 0 amide bonds. The zero-order chi connectivity index (χ0) is 15.1. The van der Waals surface area contributed by atoms with Gasteiger partial charge >= 0.3 is 0 Å². The second-order valence-electron chi connectivity index (χ2n) is 5.01. The van der Waals surface area contributed by atoms with Gasteiger partial charge in [-0.1, -0.05) is 12.1 Å². The molecule has 2 N–H and O–H groups in total. The van der Waals surface area contributed by atoms with Crippen molar-refractivity contribution < 1.29 is 9.47 Å². The summed E-state index contributed by atoms with van der Waals surface area (Å²) in [5.41, 5.74) is 7.61. The third-order valence-corrected chi connectivity index (χ3v) is 3.21. The molecule has 0 unspecified atom stereocenters. The van der Waals surface area contributed by atoms with Crippen LogP contribution in [-0.2, 0) is 6.54 Å². The minimum Gasteiger partial charge on any atom is -0.497 e. The van der Waals surface area contributed by atoms with Gasteiger partial charge in [-0.3, -0.25) is 4.90 Å². The molecule has 0 atom stereocenters. The van der Waals surface area contributed by atoms with Crippen LogP contribution in [0, 0.1) is 0 Å². The Hall–Kier alpha value is -2.20. The SMILES string of the molecule is COc1cccc(CN(C)CCOc2ccc(N)cc2)c1. The van der Waals surface area contributed by atoms with Crippen LogP contribution in [0.3, 0.4) is 0 Å². The van der Waals surface area contributed by atoms with Crippen LogP contribution in [0.2, 0.25) is 0 Å². The number of nitrogen functional groups attached to an aromatic ring is 1. The minimum atomic E-state index is 0.643. The molecule has 0 bridgehead atoms. The highest BCUT2D eigenvalue weighted by molar-refractivity contribution is 5.41. The van der Waals surface area contributed by atoms with Crippen LogP contribution in [0.1, 0.15) is 5.56 Å². The number of nitrogens with zero attached hydrogens (tertiary/aromatic N) is 1. The lowest BCUT2D eigenvalue weighted by Crippen LogP contribution is -2.23. The maximum absolute atomic E-state index is 5.69. The van der Waals surface area contributed by atoms with Crippen molar-refractivity contribution in [2.75, 3.05) is 33.0 Å². The molecular weight excluding hydrogens is 264 g/mol. The standard InChI is InChI=1S/C17H22N2O2/c1-19(13-14-4-3-5-17(12-14)20-2)10-11-21-16-8-6-15(18)7-9-16/h3-9,12H,10-11,13,18H2,1-2H3. The number of rotatable bonds is 7. The fraction of sp³-hybridized carbons (Fsp3) is 0.294. The normalized spacial score (nSPS) is 10.6. The molecule has 0 aliphatic rings. The minimum absolute atomic E-state index is 0.643. The van der Waals surface area contributed by atoms with Gasteiger partial charge in [0, 0.05) is 18.8 Å². The van der Waals surface area contributed by atoms with Gasteiger partial charge < -0.3 is 15.2 Å². The van der Waals surface area contributed by atoms with Crippen LogP contribution >= 0.6 is 0 Å². The molecule has 112 valence electrons. The fourth-order valence-corrected chi connectivity index (χ4v) is 2.04. The summed E-state index contributed by atoms with van der Waals surface area (Å²) in [4.78, 5) is 2.21. The molecule has 0 saturated carbocycles. The van der Waals surface area contributed by atoms with Crippen molar-refractivity contribution in [1.29, 1.82) is 0 Å². The number of ether oxygens (including phenoxy) is 2. The predicted molar refractivity (Wildman–Crippen MR) is 85.7 cm³/mol. The van der Waals surface area contributed by atoms with Gasteiger partial charge in [-0.15, -0.1) is 0 Å². The van der Waals surface area contributed by atoms with Crippen molar-refractivity contribution in [2.45, 2.75) is 6.54 Å². The Morgan fingerprint density at radius 2 is 1.81 bits per heavy atom. The van der Waals surface area contributed by atoms with Crippen LogP contribution in [0.4, 0.5) is 5.69 Å². The number of hydrogen-bond donors (Lipinski definition) is 1. The zero-order valence-electron chi connectivity index (χ0n) is 12.6. The Bertz CT molecular complexity index is 555. The number of hydrogen-bond acceptors (Lipinski definition) is 4. The summed E-state index contributed by atoms with van der Waals surface area (Å²) in [6, 6.07) is 15.6. The van der Waals surface area contributed by atoms with Crippen LogP contribution in [0.5, 0.6) is 11.5 Å². The van der Waals surface area contributed by atoms with Crippen molar-refractivity contribution in [3.63, 3.8) is 0 Å². The number of anilines is 1. The van der Waals surface area contributed by atoms with Gasteiger partial charge in [-0.25, -0.2) is 0 Å². The highest BCUT2D eigenvalue weighted by Crippen LogP contribution is 2.15. The lowest BCUT2D eigenvalue weighted by molar-refractivity contribution is 0.232. The Morgan fingerprint density at radius 1 is 1.05 bits per heavy atom. The van der Waals surface area contributed by atoms with E-state index in [1.165, 1.54) is 5.56 Å². The van der Waals surface area contributed by atoms with Gasteiger partial charge in [0.2, 0.25) is 0 Å². The summed E-state index contributed by atoms with van der Waals surface area (Å²) in [5, 5.41) is 0. The van der Waals surface area contributed by atoms with E-state index >= 15 is 0 Å². The monoisotopic (exact) mass is 286 g/mol. The van der Waals surface area contributed by atoms with Gasteiger partial charge in [-0.2, -0.15) is 0 Å². The van der Waals surface area contributed by atoms with E-state index in [0.717, 1.165) is 30.3 Å². The number of likely N-dealkylation sites (N-methyl/N-ethyl adjacent to an activating group) is 1. The maximum Gasteiger partial charge on any atom is 0.119 e. The van der Waals surface area contributed by atoms with E-state index in [2.05, 4.69) is 24.1 Å². The first-order valence-corrected chi connectivity index (χ1v) is 6.97. The lowest BCUT2D eigenvalue weighted by atomic mass is 10.2. The first-order chi connectivity index (χ1) is 10.2. The highest BCUT2D eigenvalue weighted by atomic mass is 16.5. The van der Waals surface area contributed by atoms with E-state index in [1.807, 2.05) is 36.4 Å². The number of methoxy groups -OCH3 is 1. The number of nitrogens with two attached hydrogens (primary N) is 1. The van der Waals surface area contributed by atoms with Crippen molar-refractivity contribution in [3.05, 3.63) is 54.1 Å². The van der Waals surface area contributed by atoms with E-state index < -0.39 is 0 Å². The van der Waals surface area contributed by atoms with Crippen molar-refractivity contribution in [2.24, 2.45) is 0 Å². The smallest absolute Gasteiger partial charge is 0.119 e. The summed E-state index contributed by atoms with van der Waals surface area (Å²) < 4.78 is 10.9. The number of benzene rings is 2. The molecule has 2 aromatic rings. The fourth-order valence-electron chi connectivity index (χ4n) is 2.04. The Balaban J connectivity index is 1.76. The molecule has 4 nitrogen and oxygen atoms in total. The molecule has 0 fully saturated rings. The second kappa shape index (κ2) is 7.55. The van der Waals surface area contributed by atoms with Crippen LogP contribution < -0.4 is 15.2 Å². The Labute approximate surface area is 126 Å². The van der Waals surface area contributed by atoms with E-state index in [0.29, 0.717) is 6.61 Å². The second-order valence-corrected chi connectivity index (χ2v) is 5.01. The first kappa shape index (κ1) is 15.2. The van der Waals surface area contributed by atoms with E-state index in [9.17, 15) is 0 Å². The highest BCUT2D eigenvalue weighted by Gasteiger charge is 2.02. The van der Waals surface area contributed by atoms with E-state index in [4.69, 9.17) is 15.2 Å². The molecule has 21 heavy (non-hydrogen) atoms. The van der Waals surface area contributed by atoms with Crippen molar-refractivity contribution in [3.8, 4) is 11.5 Å². The molecule has 2 rings (SSSR count). The summed E-state index contributed by atoms with van der Waals surface area (Å²) in [6.45, 7) is 2.36. The van der Waals surface area contributed by atoms with Crippen LogP contribution in [-0.4, -0.2) is 32.2 Å². The van der Waals surface area contributed by atoms with Gasteiger partial charge in [0.05, 0.1) is 7.11 Å². The summed E-state index contributed by atoms with van der Waals surface area (Å²) in [6.07, 6.45) is 0. The van der Waals surface area contributed by atoms with E-state index in [-0.39, 0.29) is 0 Å². The predicted octanol–water partition coefficient (Wildman–Crippen LogP) is 2.79. The summed E-state index contributed by atoms with van der Waals surface area (Å²) >= 11 is 0. The third kappa shape index (κ3) is 5.00. The summed E-state index contributed by atoms with van der Waals surface area (Å²) in [7, 11) is 3.76. The summed E-state index contributed by atoms with van der Waals surface area (Å²) in [5.74, 6) is 1.73. The van der Waals surface area contributed by atoms with E-state index in [1.54, 1.807) is 7.11 Å². The third-order valence-electron chi connectivity index (χ3n) is 3.21. The molecule has 0 heterocycles. The Morgan fingerprint density at radius 3 is 2.52 bits per heavy atom. The topological polar surface area (TPSA) is 47.7 Å². The quantitative estimate of drug-likeness (QED) is 0.795. The van der Waals surface area contributed by atoms with Crippen molar-refractivity contribution in [1.82, 2.24) is 4.90 Å². The molecule has 0 aliphatic carbocycles.